The number of hydrogen-bond donors (Lipinski definition) is 1. The molecule has 12 heavy (non-hydrogen) atoms. The van der Waals surface area contributed by atoms with Crippen molar-refractivity contribution in [2.24, 2.45) is 0 Å². The van der Waals surface area contributed by atoms with Crippen LogP contribution in [-0.4, -0.2) is 47.9 Å². The molecule has 0 radical (unpaired) electrons. The summed E-state index contributed by atoms with van der Waals surface area (Å²) in [6.45, 7) is 9.66. The molecule has 0 bridgehead atoms. The third kappa shape index (κ3) is 5.52. The maximum atomic E-state index is 9.10. The fourth-order valence-electron chi connectivity index (χ4n) is 1.04. The molecule has 0 aliphatic heterocycles. The summed E-state index contributed by atoms with van der Waals surface area (Å²) in [6, 6.07) is 0. The van der Waals surface area contributed by atoms with Crippen LogP contribution in [0.1, 0.15) is 27.2 Å². The van der Waals surface area contributed by atoms with Crippen LogP contribution in [-0.2, 0) is 0 Å². The van der Waals surface area contributed by atoms with Crippen molar-refractivity contribution in [3.63, 3.8) is 0 Å². The van der Waals surface area contributed by atoms with Gasteiger partial charge in [-0.25, -0.2) is 0 Å². The molecule has 0 heterocycles. The Labute approximate surface area is 75.9 Å². The normalized spacial score (nSPS) is 13.8. The highest BCUT2D eigenvalue weighted by Gasteiger charge is 2.16. The van der Waals surface area contributed by atoms with Gasteiger partial charge < -0.3 is 15.1 Å². The van der Waals surface area contributed by atoms with Crippen LogP contribution in [0.5, 0.6) is 0 Å². The second kappa shape index (κ2) is 6.40. The molecule has 0 fully saturated rings. The van der Waals surface area contributed by atoms with Crippen molar-refractivity contribution in [3.05, 3.63) is 0 Å². The molecule has 1 unspecified atom stereocenters. The van der Waals surface area contributed by atoms with Gasteiger partial charge in [0.1, 0.15) is 0 Å². The number of rotatable bonds is 5. The van der Waals surface area contributed by atoms with Crippen molar-refractivity contribution in [1.82, 2.24) is 0 Å². The Hall–Kier alpha value is -0.120. The highest BCUT2D eigenvalue weighted by Crippen LogP contribution is 2.04. The largest absolute Gasteiger partial charge is 0.870 e. The molecule has 0 aromatic heterocycles. The second-order valence-electron chi connectivity index (χ2n) is 3.61. The topological polar surface area (TPSA) is 50.2 Å². The molecule has 0 aromatic carbocycles. The van der Waals surface area contributed by atoms with Crippen molar-refractivity contribution < 1.29 is 15.1 Å². The molecule has 76 valence electrons. The van der Waals surface area contributed by atoms with Crippen molar-refractivity contribution >= 4 is 0 Å². The zero-order valence-corrected chi connectivity index (χ0v) is 8.75. The van der Waals surface area contributed by atoms with E-state index in [1.165, 1.54) is 0 Å². The third-order valence-electron chi connectivity index (χ3n) is 2.61. The molecule has 0 aromatic rings. The van der Waals surface area contributed by atoms with E-state index in [1.54, 1.807) is 0 Å². The molecule has 3 heteroatoms. The number of nitrogens with zero attached hydrogens (tertiary/aromatic N) is 1. The van der Waals surface area contributed by atoms with Crippen LogP contribution in [0.3, 0.4) is 0 Å². The maximum Gasteiger partial charge on any atom is 0.0809 e. The first-order chi connectivity index (χ1) is 5.04. The Morgan fingerprint density at radius 3 is 1.92 bits per heavy atom. The predicted molar refractivity (Wildman–Crippen MR) is 50.4 cm³/mol. The molecule has 2 N–H and O–H groups in total. The van der Waals surface area contributed by atoms with Crippen LogP contribution < -0.4 is 0 Å². The van der Waals surface area contributed by atoms with E-state index in [0.717, 1.165) is 30.5 Å². The van der Waals surface area contributed by atoms with Gasteiger partial charge >= 0.3 is 0 Å². The van der Waals surface area contributed by atoms with E-state index in [4.69, 9.17) is 5.11 Å². The first-order valence-corrected chi connectivity index (χ1v) is 4.55. The number of quaternary nitrogens is 1. The van der Waals surface area contributed by atoms with Crippen molar-refractivity contribution in [2.45, 2.75) is 33.3 Å². The average Bonchev–Trinajstić information content (AvgIpc) is 2.00. The molecule has 3 nitrogen and oxygen atoms in total. The lowest BCUT2D eigenvalue weighted by atomic mass is 10.2. The maximum absolute atomic E-state index is 9.10. The van der Waals surface area contributed by atoms with Crippen LogP contribution in [0.15, 0.2) is 0 Å². The van der Waals surface area contributed by atoms with E-state index < -0.39 is 0 Å². The van der Waals surface area contributed by atoms with Crippen LogP contribution >= 0.6 is 0 Å². The second-order valence-corrected chi connectivity index (χ2v) is 3.61. The Morgan fingerprint density at radius 2 is 1.67 bits per heavy atom. The first kappa shape index (κ1) is 14.4. The Kier molecular flexibility index (Phi) is 7.69. The summed E-state index contributed by atoms with van der Waals surface area (Å²) in [4.78, 5) is 0. The van der Waals surface area contributed by atoms with Gasteiger partial charge in [-0.1, -0.05) is 0 Å². The van der Waals surface area contributed by atoms with Gasteiger partial charge in [0, 0.05) is 6.42 Å². The van der Waals surface area contributed by atoms with Crippen LogP contribution in [0.4, 0.5) is 0 Å². The summed E-state index contributed by atoms with van der Waals surface area (Å²) in [6.07, 6.45) is 0.767. The number of aliphatic hydroxyl groups is 1. The van der Waals surface area contributed by atoms with E-state index in [-0.39, 0.29) is 11.6 Å². The van der Waals surface area contributed by atoms with Crippen LogP contribution in [0.25, 0.3) is 0 Å². The zero-order chi connectivity index (χ0) is 8.91. The average molecular weight is 177 g/mol. The lowest BCUT2D eigenvalue weighted by Crippen LogP contribution is -2.45. The molecule has 0 rings (SSSR count). The molecule has 0 amide bonds. The van der Waals surface area contributed by atoms with Gasteiger partial charge in [0.2, 0.25) is 0 Å². The monoisotopic (exact) mass is 177 g/mol. The van der Waals surface area contributed by atoms with Gasteiger partial charge in [-0.15, -0.1) is 0 Å². The molecule has 0 saturated carbocycles. The lowest BCUT2D eigenvalue weighted by Gasteiger charge is -2.32. The Bertz CT molecular complexity index is 101. The summed E-state index contributed by atoms with van der Waals surface area (Å²) < 4.78 is 1.07. The smallest absolute Gasteiger partial charge is 0.0809 e. The Balaban J connectivity index is 0. The highest BCUT2D eigenvalue weighted by molar-refractivity contribution is 4.45. The standard InChI is InChI=1S/C9H22NO.H2O/c1-5-10(4,6-2)8-7-9(3)11;/h9,11H,5-8H2,1-4H3;1H2/q+1;/p-1. The molecule has 1 atom stereocenters. The van der Waals surface area contributed by atoms with E-state index >= 15 is 0 Å². The molecule has 0 aliphatic rings. The van der Waals surface area contributed by atoms with Gasteiger partial charge in [-0.2, -0.15) is 0 Å². The summed E-state index contributed by atoms with van der Waals surface area (Å²) >= 11 is 0. The Morgan fingerprint density at radius 1 is 1.25 bits per heavy atom. The summed E-state index contributed by atoms with van der Waals surface area (Å²) in [5, 5.41) is 9.10. The molecular weight excluding hydrogens is 154 g/mol. The molecule has 0 aliphatic carbocycles. The molecular formula is C9H23NO2. The van der Waals surface area contributed by atoms with E-state index in [9.17, 15) is 0 Å². The van der Waals surface area contributed by atoms with E-state index in [0.29, 0.717) is 0 Å². The summed E-state index contributed by atoms with van der Waals surface area (Å²) in [5.74, 6) is 0. The number of hydrogen-bond acceptors (Lipinski definition) is 2. The van der Waals surface area contributed by atoms with Gasteiger partial charge in [-0.3, -0.25) is 0 Å². The third-order valence-corrected chi connectivity index (χ3v) is 2.61. The van der Waals surface area contributed by atoms with E-state index in [2.05, 4.69) is 20.9 Å². The van der Waals surface area contributed by atoms with Gasteiger partial charge in [-0.05, 0) is 20.8 Å². The van der Waals surface area contributed by atoms with Gasteiger partial charge in [0.15, 0.2) is 0 Å². The fourth-order valence-corrected chi connectivity index (χ4v) is 1.04. The van der Waals surface area contributed by atoms with Crippen molar-refractivity contribution in [1.29, 1.82) is 0 Å². The summed E-state index contributed by atoms with van der Waals surface area (Å²) in [5.41, 5.74) is 0. The minimum atomic E-state index is -0.148. The molecule has 0 saturated heterocycles. The minimum Gasteiger partial charge on any atom is -0.870 e. The van der Waals surface area contributed by atoms with Crippen molar-refractivity contribution in [3.8, 4) is 0 Å². The van der Waals surface area contributed by atoms with Crippen molar-refractivity contribution in [2.75, 3.05) is 26.7 Å². The highest BCUT2D eigenvalue weighted by atomic mass is 16.3. The minimum absolute atomic E-state index is 0. The number of aliphatic hydroxyl groups excluding tert-OH is 1. The molecule has 0 spiro atoms. The quantitative estimate of drug-likeness (QED) is 0.638. The van der Waals surface area contributed by atoms with Gasteiger partial charge in [0.05, 0.1) is 32.8 Å². The lowest BCUT2D eigenvalue weighted by molar-refractivity contribution is -0.906. The SMILES string of the molecule is CC[N+](C)(CC)CCC(C)O.[OH-]. The zero-order valence-electron chi connectivity index (χ0n) is 8.75. The predicted octanol–water partition coefficient (Wildman–Crippen LogP) is 1.07. The van der Waals surface area contributed by atoms with Gasteiger partial charge in [0.25, 0.3) is 0 Å². The first-order valence-electron chi connectivity index (χ1n) is 4.55. The fraction of sp³-hybridized carbons (Fsp3) is 1.00. The van der Waals surface area contributed by atoms with Crippen LogP contribution in [0, 0.1) is 0 Å². The van der Waals surface area contributed by atoms with Crippen LogP contribution in [0.2, 0.25) is 0 Å². The summed E-state index contributed by atoms with van der Waals surface area (Å²) in [7, 11) is 2.24. The van der Waals surface area contributed by atoms with E-state index in [1.807, 2.05) is 6.92 Å².